The number of hydrogen-bond acceptors (Lipinski definition) is 2. The topological polar surface area (TPSA) is 32.6 Å². The first-order valence-corrected chi connectivity index (χ1v) is 13.8. The Bertz CT molecular complexity index is 495. The SMILES string of the molecule is Cc1cccc(C=NC2CCC3CCCC32)c1O.[Cl][Zr][Cl]. The molecule has 3 unspecified atom stereocenters. The summed E-state index contributed by atoms with van der Waals surface area (Å²) in [5.74, 6) is 2.12. The van der Waals surface area contributed by atoms with Crippen molar-refractivity contribution in [3.63, 3.8) is 0 Å². The Kier molecular flexibility index (Phi) is 7.25. The molecule has 0 heterocycles. The quantitative estimate of drug-likeness (QED) is 0.684. The molecule has 0 saturated heterocycles. The molecule has 0 aliphatic heterocycles. The predicted octanol–water partition coefficient (Wildman–Crippen LogP) is 5.07. The van der Waals surface area contributed by atoms with E-state index in [4.69, 9.17) is 22.0 Å². The molecule has 3 rings (SSSR count). The van der Waals surface area contributed by atoms with Crippen molar-refractivity contribution >= 4 is 23.2 Å². The maximum absolute atomic E-state index is 9.97. The molecule has 3 atom stereocenters. The summed E-state index contributed by atoms with van der Waals surface area (Å²) in [4.78, 5) is 4.75. The third-order valence-corrected chi connectivity index (χ3v) is 4.72. The molecule has 2 nitrogen and oxygen atoms in total. The molecule has 0 aromatic heterocycles. The van der Waals surface area contributed by atoms with Crippen LogP contribution in [0.2, 0.25) is 0 Å². The van der Waals surface area contributed by atoms with E-state index < -0.39 is 20.8 Å². The summed E-state index contributed by atoms with van der Waals surface area (Å²) < 4.78 is 0. The van der Waals surface area contributed by atoms with Crippen LogP contribution in [0.25, 0.3) is 0 Å². The van der Waals surface area contributed by atoms with Gasteiger partial charge in [-0.05, 0) is 49.7 Å². The molecule has 0 radical (unpaired) electrons. The van der Waals surface area contributed by atoms with Gasteiger partial charge < -0.3 is 5.11 Å². The summed E-state index contributed by atoms with van der Waals surface area (Å²) in [6.07, 6.45) is 8.62. The van der Waals surface area contributed by atoms with E-state index in [0.717, 1.165) is 23.0 Å². The van der Waals surface area contributed by atoms with Crippen LogP contribution < -0.4 is 0 Å². The molecule has 2 aliphatic rings. The normalized spacial score (nSPS) is 27.3. The number of benzene rings is 1. The average Bonchev–Trinajstić information content (AvgIpc) is 3.05. The molecule has 2 saturated carbocycles. The number of para-hydroxylation sites is 1. The van der Waals surface area contributed by atoms with Gasteiger partial charge in [-0.3, -0.25) is 4.99 Å². The third-order valence-electron chi connectivity index (χ3n) is 4.72. The van der Waals surface area contributed by atoms with Crippen LogP contribution >= 0.6 is 17.0 Å². The van der Waals surface area contributed by atoms with E-state index in [-0.39, 0.29) is 0 Å². The van der Waals surface area contributed by atoms with Crippen molar-refractivity contribution < 1.29 is 26.0 Å². The number of phenolic OH excluding ortho intramolecular Hbond substituents is 1. The van der Waals surface area contributed by atoms with Gasteiger partial charge in [0.25, 0.3) is 0 Å². The van der Waals surface area contributed by atoms with Gasteiger partial charge in [-0.1, -0.05) is 25.0 Å². The van der Waals surface area contributed by atoms with Gasteiger partial charge in [0, 0.05) is 11.8 Å². The molecule has 2 aliphatic carbocycles. The van der Waals surface area contributed by atoms with Crippen molar-refractivity contribution in [3.05, 3.63) is 29.3 Å². The minimum absolute atomic E-state index is 0.377. The second-order valence-corrected chi connectivity index (χ2v) is 9.59. The van der Waals surface area contributed by atoms with Crippen molar-refractivity contribution in [1.29, 1.82) is 0 Å². The Labute approximate surface area is 145 Å². The van der Waals surface area contributed by atoms with E-state index in [2.05, 4.69) is 0 Å². The van der Waals surface area contributed by atoms with Gasteiger partial charge in [0.2, 0.25) is 0 Å². The number of phenols is 1. The molecule has 21 heavy (non-hydrogen) atoms. The van der Waals surface area contributed by atoms with Gasteiger partial charge in [-0.25, -0.2) is 0 Å². The third kappa shape index (κ3) is 4.56. The van der Waals surface area contributed by atoms with Crippen molar-refractivity contribution in [2.75, 3.05) is 0 Å². The van der Waals surface area contributed by atoms with Gasteiger partial charge in [0.1, 0.15) is 5.75 Å². The van der Waals surface area contributed by atoms with Crippen LogP contribution in [0, 0.1) is 18.8 Å². The fraction of sp³-hybridized carbons (Fsp3) is 0.562. The van der Waals surface area contributed by atoms with Crippen molar-refractivity contribution in [2.45, 2.75) is 45.1 Å². The van der Waals surface area contributed by atoms with Crippen molar-refractivity contribution in [1.82, 2.24) is 0 Å². The van der Waals surface area contributed by atoms with Crippen LogP contribution in [0.5, 0.6) is 5.75 Å². The molecular formula is C16H21Cl2NOZr. The number of nitrogens with zero attached hydrogens (tertiary/aromatic N) is 1. The molecule has 0 bridgehead atoms. The summed E-state index contributed by atoms with van der Waals surface area (Å²) in [5.41, 5.74) is 1.78. The average molecular weight is 405 g/mol. The van der Waals surface area contributed by atoms with E-state index >= 15 is 0 Å². The number of rotatable bonds is 2. The van der Waals surface area contributed by atoms with E-state index in [1.54, 1.807) is 0 Å². The zero-order valence-corrected chi connectivity index (χ0v) is 16.2. The van der Waals surface area contributed by atoms with E-state index in [1.807, 2.05) is 31.3 Å². The Morgan fingerprint density at radius 3 is 2.76 bits per heavy atom. The van der Waals surface area contributed by atoms with E-state index in [9.17, 15) is 5.11 Å². The first-order valence-electron chi connectivity index (χ1n) is 7.45. The molecule has 1 aromatic rings. The van der Waals surface area contributed by atoms with Gasteiger partial charge >= 0.3 is 37.9 Å². The Hall–Kier alpha value is 0.153. The van der Waals surface area contributed by atoms with Crippen LogP contribution in [-0.2, 0) is 20.8 Å². The van der Waals surface area contributed by atoms with E-state index in [1.165, 1.54) is 32.1 Å². The summed E-state index contributed by atoms with van der Waals surface area (Å²) in [5, 5.41) is 9.97. The van der Waals surface area contributed by atoms with Gasteiger partial charge in [-0.15, -0.1) is 0 Å². The fourth-order valence-corrected chi connectivity index (χ4v) is 3.68. The van der Waals surface area contributed by atoms with Crippen LogP contribution in [0.1, 0.15) is 43.2 Å². The summed E-state index contributed by atoms with van der Waals surface area (Å²) in [6.45, 7) is 1.93. The molecule has 1 N–H and O–H groups in total. The zero-order valence-electron chi connectivity index (χ0n) is 12.2. The Morgan fingerprint density at radius 1 is 1.24 bits per heavy atom. The van der Waals surface area contributed by atoms with Gasteiger partial charge in [0.05, 0.1) is 6.04 Å². The summed E-state index contributed by atoms with van der Waals surface area (Å²) in [6, 6.07) is 6.34. The van der Waals surface area contributed by atoms with Crippen LogP contribution in [0.3, 0.4) is 0 Å². The number of hydrogen-bond donors (Lipinski definition) is 1. The van der Waals surface area contributed by atoms with Crippen molar-refractivity contribution in [2.24, 2.45) is 16.8 Å². The van der Waals surface area contributed by atoms with Crippen LogP contribution in [0.4, 0.5) is 0 Å². The predicted molar refractivity (Wildman–Crippen MR) is 86.0 cm³/mol. The summed E-state index contributed by atoms with van der Waals surface area (Å²) in [7, 11) is 9.87. The molecule has 0 amide bonds. The monoisotopic (exact) mass is 403 g/mol. The molecule has 0 spiro atoms. The second kappa shape index (κ2) is 8.70. The van der Waals surface area contributed by atoms with Crippen LogP contribution in [0.15, 0.2) is 23.2 Å². The Balaban J connectivity index is 0.000000497. The standard InChI is InChI=1S/C16H21NO.2ClH.Zr/c1-11-4-2-6-13(16(11)18)10-17-15-9-8-12-5-3-7-14(12)15;;;/h2,4,6,10,12,14-15,18H,3,5,7-9H2,1H3;2*1H;/q;;;+2/p-2. The number of halogens is 2. The zero-order chi connectivity index (χ0) is 15.2. The molecule has 114 valence electrons. The summed E-state index contributed by atoms with van der Waals surface area (Å²) >= 11 is -0.826. The van der Waals surface area contributed by atoms with Crippen LogP contribution in [-0.4, -0.2) is 17.4 Å². The number of fused-ring (bicyclic) bond motifs is 1. The number of aliphatic imine (C=N–C) groups is 1. The van der Waals surface area contributed by atoms with Crippen molar-refractivity contribution in [3.8, 4) is 5.75 Å². The first-order chi connectivity index (χ1) is 10.2. The van der Waals surface area contributed by atoms with E-state index in [0.29, 0.717) is 11.8 Å². The number of aryl methyl sites for hydroxylation is 1. The molecule has 5 heteroatoms. The number of aromatic hydroxyl groups is 1. The fourth-order valence-electron chi connectivity index (χ4n) is 3.68. The van der Waals surface area contributed by atoms with Gasteiger partial charge in [-0.2, -0.15) is 0 Å². The molecule has 1 aromatic carbocycles. The molecular weight excluding hydrogens is 384 g/mol. The minimum atomic E-state index is -0.826. The molecule has 2 fully saturated rings. The maximum atomic E-state index is 9.97. The first kappa shape index (κ1) is 17.5. The Morgan fingerprint density at radius 2 is 2.00 bits per heavy atom. The second-order valence-electron chi connectivity index (χ2n) is 5.86. The van der Waals surface area contributed by atoms with Gasteiger partial charge in [0.15, 0.2) is 0 Å².